The Morgan fingerprint density at radius 2 is 1.21 bits per heavy atom. The van der Waals surface area contributed by atoms with E-state index in [4.69, 9.17) is 0 Å². The Balaban J connectivity index is 0. The first-order valence-corrected chi connectivity index (χ1v) is 2.48. The molecule has 86 valence electrons. The van der Waals surface area contributed by atoms with Gasteiger partial charge in [0.2, 0.25) is 0 Å². The van der Waals surface area contributed by atoms with Gasteiger partial charge < -0.3 is 16.1 Å². The van der Waals surface area contributed by atoms with Crippen molar-refractivity contribution in [2.75, 3.05) is 0 Å². The van der Waals surface area contributed by atoms with Gasteiger partial charge in [0.05, 0.1) is 0 Å². The summed E-state index contributed by atoms with van der Waals surface area (Å²) in [5.41, 5.74) is 0. The first kappa shape index (κ1) is 15.4. The summed E-state index contributed by atoms with van der Waals surface area (Å²) >= 11 is 0. The van der Waals surface area contributed by atoms with Crippen LogP contribution in [0.15, 0.2) is 0 Å². The predicted molar refractivity (Wildman–Crippen MR) is 26.9 cm³/mol. The third-order valence-electron chi connectivity index (χ3n) is 1.01. The average molecular weight is 231 g/mol. The second-order valence-corrected chi connectivity index (χ2v) is 1.93. The summed E-state index contributed by atoms with van der Waals surface area (Å²) in [7, 11) is 0. The van der Waals surface area contributed by atoms with Crippen LogP contribution in [0.4, 0.5) is 30.7 Å². The first-order chi connectivity index (χ1) is 5.44. The van der Waals surface area contributed by atoms with Gasteiger partial charge in [-0.1, -0.05) is 0 Å². The topological polar surface area (TPSA) is 76.6 Å². The second-order valence-electron chi connectivity index (χ2n) is 1.93. The fraction of sp³-hybridized carbons (Fsp3) is 0.750. The molecule has 0 aliphatic heterocycles. The van der Waals surface area contributed by atoms with Crippen molar-refractivity contribution >= 4 is 5.97 Å². The van der Waals surface area contributed by atoms with Gasteiger partial charge in [0.1, 0.15) is 5.97 Å². The quantitative estimate of drug-likeness (QED) is 0.718. The number of halogens is 7. The molecular formula is C4H4F7NO2. The van der Waals surface area contributed by atoms with Crippen LogP contribution in [0.1, 0.15) is 0 Å². The zero-order valence-electron chi connectivity index (χ0n) is 6.46. The van der Waals surface area contributed by atoms with Gasteiger partial charge in [-0.15, -0.1) is 0 Å². The van der Waals surface area contributed by atoms with Crippen molar-refractivity contribution in [3.05, 3.63) is 0 Å². The number of alkyl halides is 7. The fourth-order valence-electron chi connectivity index (χ4n) is 0.306. The average Bonchev–Trinajstić information content (AvgIpc) is 1.84. The van der Waals surface area contributed by atoms with E-state index in [9.17, 15) is 40.6 Å². The lowest BCUT2D eigenvalue weighted by Gasteiger charge is -2.28. The molecule has 0 heterocycles. The van der Waals surface area contributed by atoms with E-state index in [0.717, 1.165) is 0 Å². The van der Waals surface area contributed by atoms with E-state index in [1.54, 1.807) is 0 Å². The first-order valence-electron chi connectivity index (χ1n) is 2.48. The van der Waals surface area contributed by atoms with E-state index >= 15 is 0 Å². The summed E-state index contributed by atoms with van der Waals surface area (Å²) in [6, 6.07) is 0. The second kappa shape index (κ2) is 3.59. The van der Waals surface area contributed by atoms with Crippen molar-refractivity contribution in [2.24, 2.45) is 0 Å². The minimum atomic E-state index is -6.64. The van der Waals surface area contributed by atoms with Gasteiger partial charge >= 0.3 is 18.0 Å². The number of rotatable bonds is 2. The molecule has 0 atom stereocenters. The maximum atomic E-state index is 11.7. The van der Waals surface area contributed by atoms with Gasteiger partial charge in [0, 0.05) is 0 Å². The summed E-state index contributed by atoms with van der Waals surface area (Å²) in [5, 5.41) is 9.27. The van der Waals surface area contributed by atoms with Crippen LogP contribution in [-0.2, 0) is 4.79 Å². The molecule has 0 bridgehead atoms. The summed E-state index contributed by atoms with van der Waals surface area (Å²) in [6.07, 6.45) is -6.64. The SMILES string of the molecule is O=C([O-])C(F)(F)C(F)(F)C(F)(F)F.[NH4+]. The van der Waals surface area contributed by atoms with Crippen LogP contribution < -0.4 is 11.3 Å². The Morgan fingerprint density at radius 3 is 1.29 bits per heavy atom. The molecule has 0 amide bonds. The Labute approximate surface area is 72.1 Å². The molecule has 0 rings (SSSR count). The summed E-state index contributed by atoms with van der Waals surface area (Å²) < 4.78 is 80.2. The molecule has 0 spiro atoms. The minimum absolute atomic E-state index is 0. The number of carboxylic acids is 1. The normalized spacial score (nSPS) is 13.4. The molecule has 3 nitrogen and oxygen atoms in total. The highest BCUT2D eigenvalue weighted by Crippen LogP contribution is 2.45. The minimum Gasteiger partial charge on any atom is -0.544 e. The molecule has 0 unspecified atom stereocenters. The highest BCUT2D eigenvalue weighted by Gasteiger charge is 2.73. The molecule has 0 radical (unpaired) electrons. The van der Waals surface area contributed by atoms with Gasteiger partial charge in [0.25, 0.3) is 0 Å². The molecule has 4 N–H and O–H groups in total. The molecule has 0 saturated carbocycles. The molecule has 14 heavy (non-hydrogen) atoms. The van der Waals surface area contributed by atoms with Crippen LogP contribution in [-0.4, -0.2) is 24.0 Å². The monoisotopic (exact) mass is 231 g/mol. The molecule has 0 aromatic heterocycles. The Morgan fingerprint density at radius 1 is 0.929 bits per heavy atom. The van der Waals surface area contributed by atoms with Crippen molar-refractivity contribution in [2.45, 2.75) is 18.0 Å². The summed E-state index contributed by atoms with van der Waals surface area (Å²) in [5.74, 6) is -16.7. The molecule has 0 aliphatic carbocycles. The van der Waals surface area contributed by atoms with Crippen molar-refractivity contribution in [3.63, 3.8) is 0 Å². The molecule has 0 aromatic rings. The summed E-state index contributed by atoms with van der Waals surface area (Å²) in [6.45, 7) is 0. The van der Waals surface area contributed by atoms with E-state index in [0.29, 0.717) is 0 Å². The smallest absolute Gasteiger partial charge is 0.460 e. The van der Waals surface area contributed by atoms with Crippen molar-refractivity contribution in [1.29, 1.82) is 0 Å². The van der Waals surface area contributed by atoms with Crippen LogP contribution in [0.5, 0.6) is 0 Å². The molecule has 0 fully saturated rings. The number of carbonyl (C=O) groups is 1. The lowest BCUT2D eigenvalue weighted by atomic mass is 10.1. The van der Waals surface area contributed by atoms with Crippen LogP contribution >= 0.6 is 0 Å². The van der Waals surface area contributed by atoms with Crippen molar-refractivity contribution in [1.82, 2.24) is 6.15 Å². The Hall–Kier alpha value is -1.06. The number of carbonyl (C=O) groups excluding carboxylic acids is 1. The fourth-order valence-corrected chi connectivity index (χ4v) is 0.306. The third kappa shape index (κ3) is 2.05. The van der Waals surface area contributed by atoms with Crippen LogP contribution in [0, 0.1) is 0 Å². The number of aliphatic carboxylic acids is 1. The van der Waals surface area contributed by atoms with Gasteiger partial charge in [-0.05, 0) is 0 Å². The van der Waals surface area contributed by atoms with E-state index < -0.39 is 24.0 Å². The lowest BCUT2D eigenvalue weighted by Crippen LogP contribution is -2.60. The van der Waals surface area contributed by atoms with Crippen molar-refractivity contribution in [3.8, 4) is 0 Å². The van der Waals surface area contributed by atoms with Gasteiger partial charge in [0.15, 0.2) is 0 Å². The molecule has 10 heteroatoms. The van der Waals surface area contributed by atoms with Gasteiger partial charge in [-0.25, -0.2) is 0 Å². The largest absolute Gasteiger partial charge is 0.544 e. The van der Waals surface area contributed by atoms with Crippen LogP contribution in [0.3, 0.4) is 0 Å². The maximum absolute atomic E-state index is 11.7. The van der Waals surface area contributed by atoms with Crippen molar-refractivity contribution < 1.29 is 40.6 Å². The third-order valence-corrected chi connectivity index (χ3v) is 1.01. The molecular weight excluding hydrogens is 227 g/mol. The summed E-state index contributed by atoms with van der Waals surface area (Å²) in [4.78, 5) is 9.27. The lowest BCUT2D eigenvalue weighted by molar-refractivity contribution is -0.387. The van der Waals surface area contributed by atoms with E-state index in [2.05, 4.69) is 0 Å². The van der Waals surface area contributed by atoms with E-state index in [1.807, 2.05) is 0 Å². The molecule has 0 aromatic carbocycles. The van der Waals surface area contributed by atoms with E-state index in [1.165, 1.54) is 0 Å². The Kier molecular flexibility index (Phi) is 3.96. The number of carboxylic acid groups (broad SMARTS) is 1. The zero-order valence-corrected chi connectivity index (χ0v) is 6.46. The van der Waals surface area contributed by atoms with Crippen LogP contribution in [0.2, 0.25) is 0 Å². The number of hydrogen-bond donors (Lipinski definition) is 1. The zero-order chi connectivity index (χ0) is 11.1. The Bertz CT molecular complexity index is 222. The highest BCUT2D eigenvalue weighted by molar-refractivity contribution is 5.74. The number of hydrogen-bond acceptors (Lipinski definition) is 2. The maximum Gasteiger partial charge on any atom is 0.460 e. The van der Waals surface area contributed by atoms with Gasteiger partial charge in [-0.3, -0.25) is 0 Å². The standard InChI is InChI=1S/C4HF7O2.H3N/c5-2(6,1(12)13)3(7,8)4(9,10)11;/h(H,12,13);1H3. The van der Waals surface area contributed by atoms with Crippen LogP contribution in [0.25, 0.3) is 0 Å². The molecule has 0 aliphatic rings. The predicted octanol–water partition coefficient (Wildman–Crippen LogP) is 0.945. The van der Waals surface area contributed by atoms with E-state index in [-0.39, 0.29) is 6.15 Å². The molecule has 0 saturated heterocycles. The highest BCUT2D eigenvalue weighted by atomic mass is 19.4. The number of quaternary nitrogens is 1. The van der Waals surface area contributed by atoms with Gasteiger partial charge in [-0.2, -0.15) is 30.7 Å².